The van der Waals surface area contributed by atoms with Gasteiger partial charge in [-0.25, -0.2) is 0 Å². The number of hydrogen-bond donors (Lipinski definition) is 2. The van der Waals surface area contributed by atoms with Crippen molar-refractivity contribution in [1.82, 2.24) is 15.2 Å². The van der Waals surface area contributed by atoms with E-state index in [2.05, 4.69) is 39.9 Å². The molecule has 30 heavy (non-hydrogen) atoms. The number of pyridine rings is 1. The van der Waals surface area contributed by atoms with Crippen molar-refractivity contribution in [2.45, 2.75) is 25.9 Å². The minimum absolute atomic E-state index is 0.249. The first-order valence-corrected chi connectivity index (χ1v) is 10.4. The van der Waals surface area contributed by atoms with Gasteiger partial charge in [0.05, 0.1) is 7.11 Å². The molecule has 1 amide bonds. The van der Waals surface area contributed by atoms with Gasteiger partial charge in [-0.05, 0) is 54.0 Å². The first-order valence-electron chi connectivity index (χ1n) is 9.96. The van der Waals surface area contributed by atoms with Gasteiger partial charge >= 0.3 is 0 Å². The van der Waals surface area contributed by atoms with Crippen LogP contribution < -0.4 is 15.4 Å². The summed E-state index contributed by atoms with van der Waals surface area (Å²) in [5.74, 6) is 0.976. The van der Waals surface area contributed by atoms with Crippen molar-refractivity contribution in [3.63, 3.8) is 0 Å². The minimum Gasteiger partial charge on any atom is -0.494 e. The Morgan fingerprint density at radius 1 is 1.17 bits per heavy atom. The molecule has 154 valence electrons. The van der Waals surface area contributed by atoms with Crippen molar-refractivity contribution in [3.05, 3.63) is 65.9 Å². The van der Waals surface area contributed by atoms with E-state index in [4.69, 9.17) is 17.0 Å². The third kappa shape index (κ3) is 4.52. The summed E-state index contributed by atoms with van der Waals surface area (Å²) in [6, 6.07) is 16.0. The Bertz CT molecular complexity index is 1070. The van der Waals surface area contributed by atoms with Gasteiger partial charge in [0.15, 0.2) is 5.11 Å². The van der Waals surface area contributed by atoms with Gasteiger partial charge in [0.1, 0.15) is 11.3 Å². The molecule has 3 aromatic rings. The summed E-state index contributed by atoms with van der Waals surface area (Å²) < 4.78 is 5.39. The molecule has 2 aromatic carbocycles. The number of hydrogen-bond acceptors (Lipinski definition) is 4. The van der Waals surface area contributed by atoms with Crippen LogP contribution in [0.1, 0.15) is 24.0 Å². The van der Waals surface area contributed by atoms with Gasteiger partial charge in [0.2, 0.25) is 5.91 Å². The summed E-state index contributed by atoms with van der Waals surface area (Å²) in [7, 11) is 1.64. The Labute approximate surface area is 181 Å². The summed E-state index contributed by atoms with van der Waals surface area (Å²) in [5, 5.41) is 7.98. The lowest BCUT2D eigenvalue weighted by atomic mass is 10.1. The fraction of sp³-hybridized carbons (Fsp3) is 0.261. The van der Waals surface area contributed by atoms with E-state index < -0.39 is 0 Å². The summed E-state index contributed by atoms with van der Waals surface area (Å²) in [6.07, 6.45) is 3.38. The highest BCUT2D eigenvalue weighted by Gasteiger charge is 2.19. The van der Waals surface area contributed by atoms with Crippen molar-refractivity contribution in [2.24, 2.45) is 0 Å². The normalized spacial score (nSPS) is 13.5. The Hall–Kier alpha value is -3.19. The molecule has 0 atom stereocenters. The molecule has 1 aliphatic rings. The number of benzene rings is 2. The number of likely N-dealkylation sites (tertiary alicyclic amines) is 1. The van der Waals surface area contributed by atoms with Crippen LogP contribution in [0.25, 0.3) is 10.9 Å². The number of carbonyl (C=O) groups is 1. The second kappa shape index (κ2) is 9.09. The van der Waals surface area contributed by atoms with E-state index in [9.17, 15) is 4.79 Å². The molecule has 7 heteroatoms. The fourth-order valence-electron chi connectivity index (χ4n) is 3.62. The van der Waals surface area contributed by atoms with Crippen LogP contribution in [-0.4, -0.2) is 34.6 Å². The molecule has 0 unspecified atom stereocenters. The SMILES string of the molecule is COc1ccc(NC(=S)NCc2ccc(CN3CCCC3=O)cc2)c2cccnc12. The quantitative estimate of drug-likeness (QED) is 0.591. The number of carbonyl (C=O) groups excluding carboxylic acids is 1. The van der Waals surface area contributed by atoms with Crippen LogP contribution in [-0.2, 0) is 17.9 Å². The molecular weight excluding hydrogens is 396 g/mol. The smallest absolute Gasteiger partial charge is 0.222 e. The maximum Gasteiger partial charge on any atom is 0.222 e. The molecule has 1 saturated heterocycles. The maximum absolute atomic E-state index is 11.8. The molecule has 0 bridgehead atoms. The van der Waals surface area contributed by atoms with E-state index in [-0.39, 0.29) is 5.91 Å². The van der Waals surface area contributed by atoms with Crippen LogP contribution in [0.5, 0.6) is 5.75 Å². The van der Waals surface area contributed by atoms with Crippen molar-refractivity contribution in [3.8, 4) is 5.75 Å². The molecule has 0 saturated carbocycles. The third-order valence-corrected chi connectivity index (χ3v) is 5.47. The predicted octanol–water partition coefficient (Wildman–Crippen LogP) is 3.85. The van der Waals surface area contributed by atoms with Crippen LogP contribution in [0, 0.1) is 0 Å². The molecule has 0 radical (unpaired) electrons. The number of aromatic nitrogens is 1. The molecule has 2 heterocycles. The second-order valence-electron chi connectivity index (χ2n) is 7.26. The summed E-state index contributed by atoms with van der Waals surface area (Å²) in [4.78, 5) is 18.1. The van der Waals surface area contributed by atoms with Crippen LogP contribution in [0.15, 0.2) is 54.7 Å². The van der Waals surface area contributed by atoms with Crippen molar-refractivity contribution >= 4 is 39.8 Å². The number of nitrogens with zero attached hydrogens (tertiary/aromatic N) is 2. The number of methoxy groups -OCH3 is 1. The monoisotopic (exact) mass is 420 g/mol. The molecular formula is C23H24N4O2S. The van der Waals surface area contributed by atoms with E-state index in [0.717, 1.165) is 46.4 Å². The topological polar surface area (TPSA) is 66.5 Å². The second-order valence-corrected chi connectivity index (χ2v) is 7.67. The summed E-state index contributed by atoms with van der Waals surface area (Å²) in [6.45, 7) is 2.16. The zero-order valence-corrected chi connectivity index (χ0v) is 17.7. The number of nitrogens with one attached hydrogen (secondary N) is 2. The highest BCUT2D eigenvalue weighted by atomic mass is 32.1. The van der Waals surface area contributed by atoms with Crippen molar-refractivity contribution in [1.29, 1.82) is 0 Å². The standard InChI is InChI=1S/C23H24N4O2S/c1-29-20-11-10-19(18-4-2-12-24-22(18)20)26-23(30)25-14-16-6-8-17(9-7-16)15-27-13-3-5-21(27)28/h2,4,6-12H,3,5,13-15H2,1H3,(H2,25,26,30). The summed E-state index contributed by atoms with van der Waals surface area (Å²) in [5.41, 5.74) is 3.94. The number of rotatable bonds is 6. The third-order valence-electron chi connectivity index (χ3n) is 5.22. The van der Waals surface area contributed by atoms with E-state index >= 15 is 0 Å². The van der Waals surface area contributed by atoms with Crippen molar-refractivity contribution < 1.29 is 9.53 Å². The van der Waals surface area contributed by atoms with E-state index in [1.807, 2.05) is 29.2 Å². The van der Waals surface area contributed by atoms with Gasteiger partial charge in [-0.2, -0.15) is 0 Å². The lowest BCUT2D eigenvalue weighted by Gasteiger charge is -2.16. The number of fused-ring (bicyclic) bond motifs is 1. The van der Waals surface area contributed by atoms with Gasteiger partial charge in [0.25, 0.3) is 0 Å². The highest BCUT2D eigenvalue weighted by molar-refractivity contribution is 7.80. The van der Waals surface area contributed by atoms with E-state index in [1.54, 1.807) is 13.3 Å². The zero-order chi connectivity index (χ0) is 20.9. The van der Waals surface area contributed by atoms with Gasteiger partial charge in [-0.3, -0.25) is 9.78 Å². The van der Waals surface area contributed by atoms with Crippen LogP contribution >= 0.6 is 12.2 Å². The van der Waals surface area contributed by atoms with Gasteiger partial charge in [-0.15, -0.1) is 0 Å². The van der Waals surface area contributed by atoms with E-state index in [1.165, 1.54) is 0 Å². The Kier molecular flexibility index (Phi) is 6.09. The Morgan fingerprint density at radius 2 is 1.97 bits per heavy atom. The molecule has 0 aliphatic carbocycles. The van der Waals surface area contributed by atoms with E-state index in [0.29, 0.717) is 24.6 Å². The first-order chi connectivity index (χ1) is 14.6. The number of thiocarbonyl (C=S) groups is 1. The zero-order valence-electron chi connectivity index (χ0n) is 16.9. The Balaban J connectivity index is 1.35. The highest BCUT2D eigenvalue weighted by Crippen LogP contribution is 2.29. The largest absolute Gasteiger partial charge is 0.494 e. The van der Waals surface area contributed by atoms with Crippen molar-refractivity contribution in [2.75, 3.05) is 19.0 Å². The molecule has 4 rings (SSSR count). The number of anilines is 1. The number of ether oxygens (including phenoxy) is 1. The first kappa shape index (κ1) is 20.1. The predicted molar refractivity (Wildman–Crippen MR) is 122 cm³/mol. The average molecular weight is 421 g/mol. The van der Waals surface area contributed by atoms with Crippen LogP contribution in [0.3, 0.4) is 0 Å². The molecule has 6 nitrogen and oxygen atoms in total. The fourth-order valence-corrected chi connectivity index (χ4v) is 3.81. The molecule has 0 spiro atoms. The average Bonchev–Trinajstić information content (AvgIpc) is 3.18. The van der Waals surface area contributed by atoms with Gasteiger partial charge < -0.3 is 20.3 Å². The van der Waals surface area contributed by atoms with Gasteiger partial charge in [0, 0.05) is 43.3 Å². The van der Waals surface area contributed by atoms with Gasteiger partial charge in [-0.1, -0.05) is 24.3 Å². The number of amides is 1. The maximum atomic E-state index is 11.8. The Morgan fingerprint density at radius 3 is 2.70 bits per heavy atom. The molecule has 1 fully saturated rings. The molecule has 1 aliphatic heterocycles. The molecule has 2 N–H and O–H groups in total. The summed E-state index contributed by atoms with van der Waals surface area (Å²) >= 11 is 5.48. The molecule has 1 aromatic heterocycles. The lowest BCUT2D eigenvalue weighted by molar-refractivity contribution is -0.128. The van der Waals surface area contributed by atoms with Crippen LogP contribution in [0.4, 0.5) is 5.69 Å². The lowest BCUT2D eigenvalue weighted by Crippen LogP contribution is -2.28. The minimum atomic E-state index is 0.249. The van der Waals surface area contributed by atoms with Crippen LogP contribution in [0.2, 0.25) is 0 Å².